The van der Waals surface area contributed by atoms with Gasteiger partial charge in [0.2, 0.25) is 0 Å². The van der Waals surface area contributed by atoms with Crippen molar-refractivity contribution in [3.63, 3.8) is 0 Å². The molecule has 0 unspecified atom stereocenters. The van der Waals surface area contributed by atoms with Gasteiger partial charge in [0, 0.05) is 0 Å². The molecule has 1 nitrogen and oxygen atoms in total. The Morgan fingerprint density at radius 1 is 0.800 bits per heavy atom. The van der Waals surface area contributed by atoms with E-state index >= 15 is 0 Å². The molecule has 0 aromatic rings. The lowest BCUT2D eigenvalue weighted by Crippen LogP contribution is -2.03. The second-order valence-corrected chi connectivity index (χ2v) is 5.43. The van der Waals surface area contributed by atoms with E-state index < -0.39 is 0 Å². The van der Waals surface area contributed by atoms with Crippen LogP contribution in [-0.4, -0.2) is 0 Å². The van der Waals surface area contributed by atoms with Gasteiger partial charge in [-0.3, -0.25) is 0 Å². The van der Waals surface area contributed by atoms with E-state index in [-0.39, 0.29) is 0 Å². The molecule has 0 radical (unpaired) electrons. The zero-order valence-electron chi connectivity index (χ0n) is 11.1. The molecule has 0 aliphatic rings. The molecule has 0 aliphatic carbocycles. The highest BCUT2D eigenvalue weighted by molar-refractivity contribution is 4.60. The summed E-state index contributed by atoms with van der Waals surface area (Å²) in [4.78, 5) is 0. The van der Waals surface area contributed by atoms with Gasteiger partial charge in [0.1, 0.15) is 0 Å². The molecule has 0 saturated carbocycles. The van der Waals surface area contributed by atoms with Gasteiger partial charge >= 0.3 is 0 Å². The van der Waals surface area contributed by atoms with Crippen molar-refractivity contribution in [3.8, 4) is 0 Å². The van der Waals surface area contributed by atoms with Crippen molar-refractivity contribution in [1.82, 2.24) is 0 Å². The van der Waals surface area contributed by atoms with Crippen LogP contribution in [0.5, 0.6) is 0 Å². The first-order valence-electron chi connectivity index (χ1n) is 6.28. The van der Waals surface area contributed by atoms with Crippen LogP contribution in [0.2, 0.25) is 0 Å². The van der Waals surface area contributed by atoms with Crippen LogP contribution in [0, 0.1) is 17.2 Å². The van der Waals surface area contributed by atoms with Gasteiger partial charge in [0.05, 0.1) is 0 Å². The predicted octanol–water partition coefficient (Wildman–Crippen LogP) is 5.27. The Labute approximate surface area is 96.9 Å². The molecule has 0 N–H and O–H groups in total. The zero-order valence-corrected chi connectivity index (χ0v) is 11.1. The van der Waals surface area contributed by atoms with Gasteiger partial charge in [-0.25, -0.2) is 0 Å². The van der Waals surface area contributed by atoms with Crippen LogP contribution in [0.3, 0.4) is 0 Å². The Hall–Kier alpha value is -0.510. The number of rotatable bonds is 7. The molecule has 1 heteroatoms. The maximum Gasteiger partial charge on any atom is -0.0383 e. The molecule has 0 heterocycles. The smallest absolute Gasteiger partial charge is 0.0383 e. The van der Waals surface area contributed by atoms with E-state index in [4.69, 9.17) is 11.8 Å². The van der Waals surface area contributed by atoms with Crippen molar-refractivity contribution >= 4 is 0 Å². The van der Waals surface area contributed by atoms with Crippen molar-refractivity contribution in [3.05, 3.63) is 6.57 Å². The van der Waals surface area contributed by atoms with Crippen molar-refractivity contribution in [2.75, 3.05) is 0 Å². The number of nitrogens with zero attached hydrogens (tertiary/aromatic N) is 1. The summed E-state index contributed by atoms with van der Waals surface area (Å²) in [5, 5.41) is 6.25. The van der Waals surface area contributed by atoms with Gasteiger partial charge in [-0.2, -0.15) is 0 Å². The molecule has 0 amide bonds. The molecule has 0 aromatic carbocycles. The third-order valence-electron chi connectivity index (χ3n) is 2.53. The van der Waals surface area contributed by atoms with Gasteiger partial charge in [-0.15, -0.1) is 0 Å². The largest absolute Gasteiger partial charge is 0.512 e. The summed E-state index contributed by atoms with van der Waals surface area (Å²) < 4.78 is 0. The van der Waals surface area contributed by atoms with Gasteiger partial charge in [-0.05, 0) is 11.8 Å². The Morgan fingerprint density at radius 2 is 1.20 bits per heavy atom. The Bertz CT molecular complexity index is 130. The zero-order chi connectivity index (χ0) is 12.2. The standard InChI is InChI=1S/C13H28.CN/c1-5-6-7-8-9-10-11-12-13(2,3)4;1-2/h5-12H2,1-4H3;/q;-1. The van der Waals surface area contributed by atoms with Crippen molar-refractivity contribution in [2.24, 2.45) is 5.41 Å². The molecule has 0 rings (SSSR count). The third kappa shape index (κ3) is 19.8. The van der Waals surface area contributed by atoms with Crippen LogP contribution >= 0.6 is 0 Å². The monoisotopic (exact) mass is 210 g/mol. The van der Waals surface area contributed by atoms with E-state index in [2.05, 4.69) is 27.7 Å². The molecule has 0 aromatic heterocycles. The molecule has 0 saturated heterocycles. The minimum Gasteiger partial charge on any atom is -0.512 e. The highest BCUT2D eigenvalue weighted by atomic mass is 14.2. The van der Waals surface area contributed by atoms with Crippen LogP contribution in [0.4, 0.5) is 0 Å². The molecule has 0 atom stereocenters. The first-order chi connectivity index (χ1) is 7.06. The fourth-order valence-electron chi connectivity index (χ4n) is 1.61. The van der Waals surface area contributed by atoms with Crippen molar-refractivity contribution in [2.45, 2.75) is 79.1 Å². The quantitative estimate of drug-likeness (QED) is 0.415. The van der Waals surface area contributed by atoms with Crippen LogP contribution in [0.15, 0.2) is 0 Å². The SMILES string of the molecule is CCCCCCCCCC(C)(C)C.[C-]#N. The maximum absolute atomic E-state index is 6.25. The molecule has 15 heavy (non-hydrogen) atoms. The van der Waals surface area contributed by atoms with Crippen LogP contribution in [0.25, 0.3) is 0 Å². The number of hydrogen-bond donors (Lipinski definition) is 0. The third-order valence-corrected chi connectivity index (χ3v) is 2.53. The van der Waals surface area contributed by atoms with Crippen molar-refractivity contribution in [1.29, 1.82) is 5.26 Å². The molecule has 0 aliphatic heterocycles. The molecule has 0 fully saturated rings. The summed E-state index contributed by atoms with van der Waals surface area (Å²) >= 11 is 0. The highest BCUT2D eigenvalue weighted by Crippen LogP contribution is 2.22. The molecule has 0 bridgehead atoms. The highest BCUT2D eigenvalue weighted by Gasteiger charge is 2.08. The fraction of sp³-hybridized carbons (Fsp3) is 0.929. The fourth-order valence-corrected chi connectivity index (χ4v) is 1.61. The topological polar surface area (TPSA) is 23.8 Å². The molecule has 0 spiro atoms. The van der Waals surface area contributed by atoms with Crippen LogP contribution in [0.1, 0.15) is 79.1 Å². The van der Waals surface area contributed by atoms with Crippen LogP contribution in [-0.2, 0) is 0 Å². The minimum atomic E-state index is 0.545. The second kappa shape index (κ2) is 11.6. The molecular weight excluding hydrogens is 182 g/mol. The predicted molar refractivity (Wildman–Crippen MR) is 67.0 cm³/mol. The molecular formula is C14H28N-. The Balaban J connectivity index is 0. The summed E-state index contributed by atoms with van der Waals surface area (Å²) in [6, 6.07) is 0. The normalized spacial score (nSPS) is 10.5. The summed E-state index contributed by atoms with van der Waals surface area (Å²) in [6.45, 7) is 14.0. The van der Waals surface area contributed by atoms with Gasteiger partial charge in [0.15, 0.2) is 0 Å². The lowest BCUT2D eigenvalue weighted by molar-refractivity contribution is 0.356. The van der Waals surface area contributed by atoms with E-state index in [0.29, 0.717) is 5.41 Å². The van der Waals surface area contributed by atoms with Gasteiger partial charge in [-0.1, -0.05) is 72.6 Å². The minimum absolute atomic E-state index is 0.545. The lowest BCUT2D eigenvalue weighted by Gasteiger charge is -2.17. The summed E-state index contributed by atoms with van der Waals surface area (Å²) in [5.74, 6) is 0. The average Bonchev–Trinajstić information content (AvgIpc) is 2.18. The lowest BCUT2D eigenvalue weighted by atomic mass is 9.89. The van der Waals surface area contributed by atoms with Gasteiger partial charge in [0.25, 0.3) is 0 Å². The average molecular weight is 210 g/mol. The first kappa shape index (κ1) is 16.9. The van der Waals surface area contributed by atoms with Crippen molar-refractivity contribution < 1.29 is 0 Å². The van der Waals surface area contributed by atoms with E-state index in [1.54, 1.807) is 0 Å². The van der Waals surface area contributed by atoms with Crippen LogP contribution < -0.4 is 0 Å². The van der Waals surface area contributed by atoms with Gasteiger partial charge < -0.3 is 11.8 Å². The van der Waals surface area contributed by atoms with E-state index in [9.17, 15) is 0 Å². The van der Waals surface area contributed by atoms with E-state index in [1.807, 2.05) is 0 Å². The summed E-state index contributed by atoms with van der Waals surface area (Å²) in [7, 11) is 0. The Morgan fingerprint density at radius 3 is 1.60 bits per heavy atom. The second-order valence-electron chi connectivity index (χ2n) is 5.43. The van der Waals surface area contributed by atoms with E-state index in [1.165, 1.54) is 51.4 Å². The first-order valence-corrected chi connectivity index (χ1v) is 6.28. The number of hydrogen-bond acceptors (Lipinski definition) is 1. The summed E-state index contributed by atoms with van der Waals surface area (Å²) in [6.07, 6.45) is 11.4. The number of unbranched alkanes of at least 4 members (excludes halogenated alkanes) is 6. The van der Waals surface area contributed by atoms with E-state index in [0.717, 1.165) is 0 Å². The summed E-state index contributed by atoms with van der Waals surface area (Å²) in [5.41, 5.74) is 0.545. The maximum atomic E-state index is 6.25. The Kier molecular flexibility index (Phi) is 13.0. The molecule has 90 valence electrons.